The number of carbonyl (C=O) groups is 2. The van der Waals surface area contributed by atoms with Gasteiger partial charge in [-0.05, 0) is 24.8 Å². The van der Waals surface area contributed by atoms with E-state index in [4.69, 9.17) is 5.11 Å². The van der Waals surface area contributed by atoms with Crippen molar-refractivity contribution >= 4 is 11.9 Å². The number of rotatable bonds is 8. The summed E-state index contributed by atoms with van der Waals surface area (Å²) in [7, 11) is 0. The van der Waals surface area contributed by atoms with E-state index in [1.807, 2.05) is 18.2 Å². The zero-order valence-corrected chi connectivity index (χ0v) is 11.7. The summed E-state index contributed by atoms with van der Waals surface area (Å²) in [5.74, 6) is -1.46. The number of carboxylic acid groups (broad SMARTS) is 1. The molecule has 0 aliphatic carbocycles. The minimum Gasteiger partial charge on any atom is -0.478 e. The third-order valence-electron chi connectivity index (χ3n) is 2.99. The summed E-state index contributed by atoms with van der Waals surface area (Å²) < 4.78 is 0. The first kappa shape index (κ1) is 16.0. The van der Waals surface area contributed by atoms with Gasteiger partial charge in [0.2, 0.25) is 5.91 Å². The Morgan fingerprint density at radius 1 is 1.20 bits per heavy atom. The Morgan fingerprint density at radius 3 is 2.50 bits per heavy atom. The van der Waals surface area contributed by atoms with E-state index in [1.165, 1.54) is 5.56 Å². The van der Waals surface area contributed by atoms with Crippen molar-refractivity contribution in [1.29, 1.82) is 0 Å². The molecule has 1 aromatic rings. The summed E-state index contributed by atoms with van der Waals surface area (Å²) in [5.41, 5.74) is 1.24. The van der Waals surface area contributed by atoms with Crippen molar-refractivity contribution in [1.82, 2.24) is 5.32 Å². The molecule has 1 atom stereocenters. The summed E-state index contributed by atoms with van der Waals surface area (Å²) in [6.07, 6.45) is 5.53. The van der Waals surface area contributed by atoms with Gasteiger partial charge in [0.15, 0.2) is 0 Å². The largest absolute Gasteiger partial charge is 0.478 e. The Hall–Kier alpha value is -2.10. The van der Waals surface area contributed by atoms with Gasteiger partial charge in [0.1, 0.15) is 0 Å². The van der Waals surface area contributed by atoms with Crippen molar-refractivity contribution in [2.24, 2.45) is 0 Å². The number of benzene rings is 1. The summed E-state index contributed by atoms with van der Waals surface area (Å²) >= 11 is 0. The molecular weight excluding hydrogens is 254 g/mol. The minimum absolute atomic E-state index is 0.0751. The van der Waals surface area contributed by atoms with Gasteiger partial charge in [-0.2, -0.15) is 0 Å². The second-order valence-corrected chi connectivity index (χ2v) is 4.69. The third-order valence-corrected chi connectivity index (χ3v) is 2.99. The highest BCUT2D eigenvalue weighted by Gasteiger charge is 2.10. The Morgan fingerprint density at radius 2 is 1.90 bits per heavy atom. The highest BCUT2D eigenvalue weighted by atomic mass is 16.4. The third kappa shape index (κ3) is 6.73. The Labute approximate surface area is 119 Å². The van der Waals surface area contributed by atoms with Gasteiger partial charge < -0.3 is 10.4 Å². The Kier molecular flexibility index (Phi) is 7.11. The van der Waals surface area contributed by atoms with E-state index in [9.17, 15) is 9.59 Å². The van der Waals surface area contributed by atoms with Crippen LogP contribution >= 0.6 is 0 Å². The lowest BCUT2D eigenvalue weighted by Crippen LogP contribution is -2.34. The van der Waals surface area contributed by atoms with Crippen LogP contribution in [0.15, 0.2) is 42.5 Å². The highest BCUT2D eigenvalue weighted by molar-refractivity contribution is 5.93. The van der Waals surface area contributed by atoms with Gasteiger partial charge in [-0.25, -0.2) is 4.79 Å². The fourth-order valence-electron chi connectivity index (χ4n) is 2.02. The van der Waals surface area contributed by atoms with Crippen molar-refractivity contribution in [2.45, 2.75) is 38.6 Å². The van der Waals surface area contributed by atoms with Gasteiger partial charge in [0.25, 0.3) is 0 Å². The second-order valence-electron chi connectivity index (χ2n) is 4.69. The molecule has 0 unspecified atom stereocenters. The van der Waals surface area contributed by atoms with Crippen LogP contribution < -0.4 is 5.32 Å². The van der Waals surface area contributed by atoms with Crippen LogP contribution in [-0.2, 0) is 16.0 Å². The zero-order chi connectivity index (χ0) is 14.8. The first-order valence-corrected chi connectivity index (χ1v) is 6.87. The molecule has 0 spiro atoms. The number of carbonyl (C=O) groups excluding carboxylic acids is 1. The normalized spacial score (nSPS) is 12.2. The lowest BCUT2D eigenvalue weighted by atomic mass is 10.0. The summed E-state index contributed by atoms with van der Waals surface area (Å²) in [4.78, 5) is 21.9. The summed E-state index contributed by atoms with van der Waals surface area (Å²) in [6.45, 7) is 2.06. The SMILES string of the molecule is CCC[C@@H](CCc1ccccc1)NC(=O)/C=C\C(=O)O. The maximum atomic E-state index is 11.6. The molecule has 2 N–H and O–H groups in total. The van der Waals surface area contributed by atoms with Crippen LogP contribution in [0, 0.1) is 0 Å². The smallest absolute Gasteiger partial charge is 0.328 e. The number of aliphatic carboxylic acids is 1. The van der Waals surface area contributed by atoms with Gasteiger partial charge >= 0.3 is 5.97 Å². The number of amides is 1. The molecule has 0 aliphatic heterocycles. The van der Waals surface area contributed by atoms with Crippen LogP contribution in [0.3, 0.4) is 0 Å². The lowest BCUT2D eigenvalue weighted by Gasteiger charge is -2.17. The summed E-state index contributed by atoms with van der Waals surface area (Å²) in [5, 5.41) is 11.3. The topological polar surface area (TPSA) is 66.4 Å². The quantitative estimate of drug-likeness (QED) is 0.716. The van der Waals surface area contributed by atoms with E-state index < -0.39 is 5.97 Å². The van der Waals surface area contributed by atoms with Crippen molar-refractivity contribution in [3.05, 3.63) is 48.0 Å². The molecule has 0 radical (unpaired) electrons. The molecule has 0 heterocycles. The molecule has 108 valence electrons. The Balaban J connectivity index is 2.47. The predicted octanol–water partition coefficient (Wildman–Crippen LogP) is 2.54. The minimum atomic E-state index is -1.11. The average molecular weight is 275 g/mol. The van der Waals surface area contributed by atoms with E-state index in [1.54, 1.807) is 0 Å². The molecule has 0 saturated heterocycles. The number of carboxylic acids is 1. The second kappa shape index (κ2) is 8.91. The van der Waals surface area contributed by atoms with Gasteiger partial charge in [0.05, 0.1) is 0 Å². The molecule has 0 saturated carbocycles. The predicted molar refractivity (Wildman–Crippen MR) is 78.4 cm³/mol. The molecule has 0 aromatic heterocycles. The molecule has 20 heavy (non-hydrogen) atoms. The van der Waals surface area contributed by atoms with E-state index in [0.29, 0.717) is 0 Å². The van der Waals surface area contributed by atoms with Crippen LogP contribution in [0.2, 0.25) is 0 Å². The van der Waals surface area contributed by atoms with Gasteiger partial charge in [0, 0.05) is 18.2 Å². The zero-order valence-electron chi connectivity index (χ0n) is 11.7. The Bertz CT molecular complexity index is 454. The molecule has 1 rings (SSSR count). The maximum Gasteiger partial charge on any atom is 0.328 e. The van der Waals surface area contributed by atoms with E-state index in [-0.39, 0.29) is 11.9 Å². The number of nitrogens with one attached hydrogen (secondary N) is 1. The number of hydrogen-bond donors (Lipinski definition) is 2. The maximum absolute atomic E-state index is 11.6. The van der Waals surface area contributed by atoms with Crippen molar-refractivity contribution in [2.75, 3.05) is 0 Å². The molecular formula is C16H21NO3. The molecule has 0 aliphatic rings. The first-order valence-electron chi connectivity index (χ1n) is 6.87. The number of hydrogen-bond acceptors (Lipinski definition) is 2. The average Bonchev–Trinajstić information content (AvgIpc) is 2.44. The fraction of sp³-hybridized carbons (Fsp3) is 0.375. The fourth-order valence-corrected chi connectivity index (χ4v) is 2.02. The van der Waals surface area contributed by atoms with Crippen LogP contribution in [-0.4, -0.2) is 23.0 Å². The highest BCUT2D eigenvalue weighted by Crippen LogP contribution is 2.08. The standard InChI is InChI=1S/C16H21NO3/c1-2-6-14(17-15(18)11-12-16(19)20)10-9-13-7-4-3-5-8-13/h3-5,7-8,11-12,14H,2,6,9-10H2,1H3,(H,17,18)(H,19,20)/b12-11-/t14-/m0/s1. The van der Waals surface area contributed by atoms with E-state index in [0.717, 1.165) is 37.8 Å². The van der Waals surface area contributed by atoms with Gasteiger partial charge in [-0.15, -0.1) is 0 Å². The van der Waals surface area contributed by atoms with Crippen LogP contribution in [0.25, 0.3) is 0 Å². The molecule has 1 aromatic carbocycles. The van der Waals surface area contributed by atoms with E-state index in [2.05, 4.69) is 24.4 Å². The van der Waals surface area contributed by atoms with Gasteiger partial charge in [-0.1, -0.05) is 43.7 Å². The molecule has 0 fully saturated rings. The molecule has 0 bridgehead atoms. The van der Waals surface area contributed by atoms with Gasteiger partial charge in [-0.3, -0.25) is 4.79 Å². The lowest BCUT2D eigenvalue weighted by molar-refractivity contribution is -0.131. The van der Waals surface area contributed by atoms with Crippen molar-refractivity contribution < 1.29 is 14.7 Å². The van der Waals surface area contributed by atoms with E-state index >= 15 is 0 Å². The first-order chi connectivity index (χ1) is 9.61. The van der Waals surface area contributed by atoms with Crippen molar-refractivity contribution in [3.8, 4) is 0 Å². The summed E-state index contributed by atoms with van der Waals surface area (Å²) in [6, 6.07) is 10.2. The monoisotopic (exact) mass is 275 g/mol. The van der Waals surface area contributed by atoms with Crippen LogP contribution in [0.4, 0.5) is 0 Å². The van der Waals surface area contributed by atoms with Crippen molar-refractivity contribution in [3.63, 3.8) is 0 Å². The molecule has 1 amide bonds. The number of aryl methyl sites for hydroxylation is 1. The van der Waals surface area contributed by atoms with Crippen LogP contribution in [0.1, 0.15) is 31.7 Å². The molecule has 4 nitrogen and oxygen atoms in total. The van der Waals surface area contributed by atoms with Crippen LogP contribution in [0.5, 0.6) is 0 Å². The molecule has 4 heteroatoms.